The van der Waals surface area contributed by atoms with E-state index in [0.717, 1.165) is 0 Å². The first-order valence-corrected chi connectivity index (χ1v) is 16.7. The average Bonchev–Trinajstić information content (AvgIpc) is 3.17. The van der Waals surface area contributed by atoms with Crippen LogP contribution in [0.15, 0.2) is 182 Å². The van der Waals surface area contributed by atoms with Crippen molar-refractivity contribution >= 4 is 53.9 Å². The second kappa shape index (κ2) is 10.7. The van der Waals surface area contributed by atoms with Crippen LogP contribution in [0.25, 0.3) is 98.4 Å². The molecule has 10 aromatic rings. The number of hydrogen-bond acceptors (Lipinski definition) is 0. The molecular weight excluding hydrogens is 577 g/mol. The molecule has 10 aromatic carbocycles. The van der Waals surface area contributed by atoms with Gasteiger partial charge in [0.15, 0.2) is 0 Å². The highest BCUT2D eigenvalue weighted by Crippen LogP contribution is 2.41. The predicted octanol–water partition coefficient (Wildman–Crippen LogP) is 13.6. The molecule has 0 saturated carbocycles. The summed E-state index contributed by atoms with van der Waals surface area (Å²) in [7, 11) is 0. The van der Waals surface area contributed by atoms with E-state index in [1.165, 1.54) is 98.4 Å². The third-order valence-corrected chi connectivity index (χ3v) is 10.2. The van der Waals surface area contributed by atoms with Crippen molar-refractivity contribution in [1.29, 1.82) is 0 Å². The summed E-state index contributed by atoms with van der Waals surface area (Å²) in [5.74, 6) is 0. The first-order valence-electron chi connectivity index (χ1n) is 16.7. The first-order chi connectivity index (χ1) is 23.8. The molecule has 48 heavy (non-hydrogen) atoms. The van der Waals surface area contributed by atoms with Crippen molar-refractivity contribution in [1.82, 2.24) is 0 Å². The summed E-state index contributed by atoms with van der Waals surface area (Å²) in [6.45, 7) is 0. The molecule has 0 N–H and O–H groups in total. The zero-order valence-corrected chi connectivity index (χ0v) is 26.3. The van der Waals surface area contributed by atoms with Gasteiger partial charge in [-0.2, -0.15) is 0 Å². The minimum absolute atomic E-state index is 1.22. The van der Waals surface area contributed by atoms with E-state index < -0.39 is 0 Å². The average molecular weight is 607 g/mol. The lowest BCUT2D eigenvalue weighted by atomic mass is 9.89. The minimum atomic E-state index is 1.22. The zero-order chi connectivity index (χ0) is 31.6. The fraction of sp³-hybridized carbons (Fsp3) is 0. The van der Waals surface area contributed by atoms with Crippen LogP contribution in [-0.2, 0) is 0 Å². The number of rotatable bonds is 4. The predicted molar refractivity (Wildman–Crippen MR) is 207 cm³/mol. The van der Waals surface area contributed by atoms with E-state index in [4.69, 9.17) is 0 Å². The van der Waals surface area contributed by atoms with Crippen LogP contribution in [0.2, 0.25) is 0 Å². The van der Waals surface area contributed by atoms with E-state index in [1.54, 1.807) is 0 Å². The molecule has 0 aliphatic rings. The van der Waals surface area contributed by atoms with Gasteiger partial charge >= 0.3 is 0 Å². The molecule has 0 fully saturated rings. The number of benzene rings is 10. The van der Waals surface area contributed by atoms with E-state index in [9.17, 15) is 0 Å². The lowest BCUT2D eigenvalue weighted by Crippen LogP contribution is -1.88. The molecule has 0 aliphatic carbocycles. The smallest absolute Gasteiger partial charge is 0.00206 e. The van der Waals surface area contributed by atoms with Crippen LogP contribution in [0.4, 0.5) is 0 Å². The standard InChI is InChI=1S/C48H30/c1-2-15-41-40(8-1)30-46(44-17-4-3-16-43(41)44)39-14-7-12-37(29-39)32-20-18-31(19-21-32)36-11-6-13-38(28-36)42-26-24-35-23-22-33-9-5-10-34-25-27-45(42)48(35)47(33)34/h1-30H. The Morgan fingerprint density at radius 3 is 1.42 bits per heavy atom. The van der Waals surface area contributed by atoms with Crippen LogP contribution in [0.3, 0.4) is 0 Å². The molecular formula is C48H30. The van der Waals surface area contributed by atoms with Gasteiger partial charge < -0.3 is 0 Å². The highest BCUT2D eigenvalue weighted by molar-refractivity contribution is 6.25. The van der Waals surface area contributed by atoms with E-state index >= 15 is 0 Å². The highest BCUT2D eigenvalue weighted by atomic mass is 14.2. The summed E-state index contributed by atoms with van der Waals surface area (Å²) in [5.41, 5.74) is 9.90. The maximum atomic E-state index is 2.34. The van der Waals surface area contributed by atoms with Crippen molar-refractivity contribution in [3.05, 3.63) is 182 Å². The molecule has 0 saturated heterocycles. The third kappa shape index (κ3) is 4.24. The van der Waals surface area contributed by atoms with Gasteiger partial charge in [-0.25, -0.2) is 0 Å². The molecule has 0 heteroatoms. The van der Waals surface area contributed by atoms with Gasteiger partial charge in [0.25, 0.3) is 0 Å². The molecule has 0 unspecified atom stereocenters. The Balaban J connectivity index is 1.02. The molecule has 0 nitrogen and oxygen atoms in total. The van der Waals surface area contributed by atoms with Gasteiger partial charge in [0.05, 0.1) is 0 Å². The van der Waals surface area contributed by atoms with Gasteiger partial charge in [-0.1, -0.05) is 164 Å². The quantitative estimate of drug-likeness (QED) is 0.175. The molecule has 222 valence electrons. The van der Waals surface area contributed by atoms with Crippen LogP contribution >= 0.6 is 0 Å². The van der Waals surface area contributed by atoms with Gasteiger partial charge in [0.2, 0.25) is 0 Å². The zero-order valence-electron chi connectivity index (χ0n) is 26.3. The summed E-state index contributed by atoms with van der Waals surface area (Å²) >= 11 is 0. The summed E-state index contributed by atoms with van der Waals surface area (Å²) in [5, 5.41) is 13.1. The second-order valence-corrected chi connectivity index (χ2v) is 12.9. The molecule has 0 aromatic heterocycles. The molecule has 0 aliphatic heterocycles. The maximum absolute atomic E-state index is 2.34. The Labute approximate surface area is 279 Å². The van der Waals surface area contributed by atoms with Gasteiger partial charge in [-0.3, -0.25) is 0 Å². The number of fused-ring (bicyclic) bond motifs is 3. The molecule has 0 heterocycles. The van der Waals surface area contributed by atoms with E-state index in [-0.39, 0.29) is 0 Å². The third-order valence-electron chi connectivity index (χ3n) is 10.2. The first kappa shape index (κ1) is 26.9. The summed E-state index contributed by atoms with van der Waals surface area (Å²) < 4.78 is 0. The van der Waals surface area contributed by atoms with Crippen LogP contribution in [0.5, 0.6) is 0 Å². The monoisotopic (exact) mass is 606 g/mol. The largest absolute Gasteiger partial charge is 0.0616 e. The molecule has 0 amide bonds. The molecule has 0 radical (unpaired) electrons. The Bertz CT molecular complexity index is 2800. The normalized spacial score (nSPS) is 11.8. The SMILES string of the molecule is c1cc(-c2ccc(-c3cccc(-c4ccc5ccc6cccc7ccc4c5c67)c3)cc2)cc(-c2cc3ccccc3c3ccccc23)c1. The van der Waals surface area contributed by atoms with Crippen molar-refractivity contribution in [3.8, 4) is 44.5 Å². The topological polar surface area (TPSA) is 0 Å². The Morgan fingerprint density at radius 2 is 0.708 bits per heavy atom. The van der Waals surface area contributed by atoms with Crippen LogP contribution < -0.4 is 0 Å². The summed E-state index contributed by atoms with van der Waals surface area (Å²) in [6.07, 6.45) is 0. The maximum Gasteiger partial charge on any atom is -0.00206 e. The van der Waals surface area contributed by atoms with Crippen molar-refractivity contribution in [2.75, 3.05) is 0 Å². The molecule has 0 spiro atoms. The van der Waals surface area contributed by atoms with Crippen molar-refractivity contribution in [3.63, 3.8) is 0 Å². The fourth-order valence-corrected chi connectivity index (χ4v) is 7.87. The molecule has 10 rings (SSSR count). The Kier molecular flexibility index (Phi) is 5.98. The van der Waals surface area contributed by atoms with Gasteiger partial charge in [0.1, 0.15) is 0 Å². The summed E-state index contributed by atoms with van der Waals surface area (Å²) in [6, 6.07) is 67.0. The van der Waals surface area contributed by atoms with E-state index in [1.807, 2.05) is 0 Å². The second-order valence-electron chi connectivity index (χ2n) is 12.9. The number of hydrogen-bond donors (Lipinski definition) is 0. The van der Waals surface area contributed by atoms with Crippen molar-refractivity contribution in [2.24, 2.45) is 0 Å². The highest BCUT2D eigenvalue weighted by Gasteiger charge is 2.13. The lowest BCUT2D eigenvalue weighted by Gasteiger charge is -2.15. The summed E-state index contributed by atoms with van der Waals surface area (Å²) in [4.78, 5) is 0. The van der Waals surface area contributed by atoms with E-state index in [2.05, 4.69) is 182 Å². The molecule has 0 bridgehead atoms. The van der Waals surface area contributed by atoms with Gasteiger partial charge in [-0.15, -0.1) is 0 Å². The van der Waals surface area contributed by atoms with Crippen LogP contribution in [0.1, 0.15) is 0 Å². The van der Waals surface area contributed by atoms with Crippen LogP contribution in [0, 0.1) is 0 Å². The lowest BCUT2D eigenvalue weighted by molar-refractivity contribution is 1.58. The Morgan fingerprint density at radius 1 is 0.208 bits per heavy atom. The minimum Gasteiger partial charge on any atom is -0.0616 e. The fourth-order valence-electron chi connectivity index (χ4n) is 7.87. The molecule has 0 atom stereocenters. The van der Waals surface area contributed by atoms with Crippen molar-refractivity contribution < 1.29 is 0 Å². The van der Waals surface area contributed by atoms with Gasteiger partial charge in [-0.05, 0) is 117 Å². The Hall–Kier alpha value is -6.24. The van der Waals surface area contributed by atoms with Gasteiger partial charge in [0, 0.05) is 0 Å². The van der Waals surface area contributed by atoms with Crippen LogP contribution in [-0.4, -0.2) is 0 Å². The van der Waals surface area contributed by atoms with E-state index in [0.29, 0.717) is 0 Å². The van der Waals surface area contributed by atoms with Crippen molar-refractivity contribution in [2.45, 2.75) is 0 Å².